The van der Waals surface area contributed by atoms with E-state index in [9.17, 15) is 9.59 Å². The molecule has 2 aliphatic heterocycles. The van der Waals surface area contributed by atoms with Gasteiger partial charge in [0.2, 0.25) is 5.91 Å². The summed E-state index contributed by atoms with van der Waals surface area (Å²) in [5, 5.41) is 12.9. The highest BCUT2D eigenvalue weighted by atomic mass is 35.5. The molecule has 2 saturated heterocycles. The van der Waals surface area contributed by atoms with Gasteiger partial charge < -0.3 is 20.9 Å². The van der Waals surface area contributed by atoms with Gasteiger partial charge in [0.05, 0.1) is 6.04 Å². The number of carbonyl (C=O) groups is 2. The fourth-order valence-electron chi connectivity index (χ4n) is 6.02. The first-order chi connectivity index (χ1) is 19.0. The Morgan fingerprint density at radius 1 is 1.03 bits per heavy atom. The van der Waals surface area contributed by atoms with Crippen LogP contribution in [-0.4, -0.2) is 61.5 Å². The molecule has 5 rings (SSSR count). The number of amides is 2. The Bertz CT molecular complexity index is 1280. The molecule has 0 bridgehead atoms. The number of nitrogens with zero attached hydrogens (tertiary/aromatic N) is 1. The summed E-state index contributed by atoms with van der Waals surface area (Å²) in [6, 6.07) is 21.7. The molecule has 0 radical (unpaired) electrons. The number of fused-ring (bicyclic) bond motifs is 1. The number of piperidine rings is 1. The molecule has 0 spiro atoms. The smallest absolute Gasteiger partial charge is 0.251 e. The molecule has 3 atom stereocenters. The van der Waals surface area contributed by atoms with Crippen molar-refractivity contribution in [3.63, 3.8) is 0 Å². The maximum atomic E-state index is 13.9. The van der Waals surface area contributed by atoms with E-state index >= 15 is 0 Å². The lowest BCUT2D eigenvalue weighted by atomic mass is 9.88. The summed E-state index contributed by atoms with van der Waals surface area (Å²) in [4.78, 5) is 29.1. The number of hydrogen-bond acceptors (Lipinski definition) is 4. The highest BCUT2D eigenvalue weighted by Gasteiger charge is 2.37. The Balaban J connectivity index is 1.28. The summed E-state index contributed by atoms with van der Waals surface area (Å²) in [5.74, 6) is 0.706. The van der Waals surface area contributed by atoms with Gasteiger partial charge in [-0.25, -0.2) is 0 Å². The normalized spacial score (nSPS) is 21.5. The maximum Gasteiger partial charge on any atom is 0.251 e. The van der Waals surface area contributed by atoms with E-state index in [0.717, 1.165) is 56.1 Å². The van der Waals surface area contributed by atoms with Crippen LogP contribution < -0.4 is 16.0 Å². The first-order valence-corrected chi connectivity index (χ1v) is 14.7. The molecule has 2 heterocycles. The molecule has 6 nitrogen and oxygen atoms in total. The molecule has 2 fully saturated rings. The first kappa shape index (κ1) is 27.6. The number of benzene rings is 3. The highest BCUT2D eigenvalue weighted by molar-refractivity contribution is 6.31. The van der Waals surface area contributed by atoms with Crippen LogP contribution >= 0.6 is 11.6 Å². The minimum atomic E-state index is -0.227. The van der Waals surface area contributed by atoms with Gasteiger partial charge in [-0.15, -0.1) is 0 Å². The summed E-state index contributed by atoms with van der Waals surface area (Å²) in [7, 11) is 0. The average Bonchev–Trinajstić information content (AvgIpc) is 3.13. The van der Waals surface area contributed by atoms with E-state index in [2.05, 4.69) is 52.0 Å². The quantitative estimate of drug-likeness (QED) is 0.373. The van der Waals surface area contributed by atoms with Crippen LogP contribution in [0.4, 0.5) is 0 Å². The molecule has 2 aliphatic rings. The Hall–Kier alpha value is -2.93. The van der Waals surface area contributed by atoms with E-state index in [1.807, 2.05) is 42.5 Å². The Morgan fingerprint density at radius 2 is 1.77 bits per heavy atom. The number of nitrogens with one attached hydrogen (secondary N) is 3. The zero-order valence-corrected chi connectivity index (χ0v) is 23.4. The molecule has 0 saturated carbocycles. The average molecular weight is 547 g/mol. The minimum Gasteiger partial charge on any atom is -0.350 e. The summed E-state index contributed by atoms with van der Waals surface area (Å²) in [6.45, 7) is 5.97. The third kappa shape index (κ3) is 6.81. The second kappa shape index (κ2) is 12.9. The van der Waals surface area contributed by atoms with E-state index in [4.69, 9.17) is 11.6 Å². The summed E-state index contributed by atoms with van der Waals surface area (Å²) in [5.41, 5.74) is 1.91. The van der Waals surface area contributed by atoms with E-state index in [1.54, 1.807) is 0 Å². The van der Waals surface area contributed by atoms with Crippen LogP contribution in [0.2, 0.25) is 5.02 Å². The van der Waals surface area contributed by atoms with Crippen molar-refractivity contribution in [2.45, 2.75) is 50.6 Å². The SMILES string of the molecule is CCC(CN1CCC(CNC(=O)c2ccc3cc(Cl)ccc3c2)NC(C2CCNCC2)C1=O)c1ccccc1. The summed E-state index contributed by atoms with van der Waals surface area (Å²) >= 11 is 6.11. The van der Waals surface area contributed by atoms with Gasteiger partial charge in [0.1, 0.15) is 0 Å². The number of halogens is 1. The predicted octanol–water partition coefficient (Wildman–Crippen LogP) is 4.98. The van der Waals surface area contributed by atoms with Gasteiger partial charge in [-0.1, -0.05) is 61.0 Å². The Labute approximate surface area is 236 Å². The zero-order valence-electron chi connectivity index (χ0n) is 22.7. The molecule has 2 amide bonds. The topological polar surface area (TPSA) is 73.5 Å². The van der Waals surface area contributed by atoms with Crippen molar-refractivity contribution in [2.75, 3.05) is 32.7 Å². The lowest BCUT2D eigenvalue weighted by molar-refractivity contribution is -0.134. The van der Waals surface area contributed by atoms with Gasteiger partial charge in [-0.3, -0.25) is 9.59 Å². The molecular weight excluding hydrogens is 508 g/mol. The third-order valence-corrected chi connectivity index (χ3v) is 8.61. The van der Waals surface area contributed by atoms with Gasteiger partial charge >= 0.3 is 0 Å². The van der Waals surface area contributed by atoms with Crippen LogP contribution in [0.1, 0.15) is 54.4 Å². The predicted molar refractivity (Wildman–Crippen MR) is 158 cm³/mol. The van der Waals surface area contributed by atoms with E-state index in [0.29, 0.717) is 35.5 Å². The van der Waals surface area contributed by atoms with Crippen molar-refractivity contribution >= 4 is 34.2 Å². The molecule has 7 heteroatoms. The summed E-state index contributed by atoms with van der Waals surface area (Å²) < 4.78 is 0. The standard InChI is InChI=1S/C32H39ClN4O2/c1-2-22(23-6-4-3-5-7-23)21-37-17-14-29(36-30(32(37)39)24-12-15-34-16-13-24)20-35-31(38)27-9-8-26-19-28(33)11-10-25(26)18-27/h3-11,18-19,22,24,29-30,34,36H,2,12-17,20-21H2,1H3,(H,35,38). The maximum absolute atomic E-state index is 13.9. The lowest BCUT2D eigenvalue weighted by Crippen LogP contribution is -2.54. The second-order valence-electron chi connectivity index (χ2n) is 10.9. The molecular formula is C32H39ClN4O2. The minimum absolute atomic E-state index is 0.0267. The molecule has 3 aromatic rings. The number of rotatable bonds is 8. The van der Waals surface area contributed by atoms with Crippen LogP contribution in [0.15, 0.2) is 66.7 Å². The monoisotopic (exact) mass is 546 g/mol. The Morgan fingerprint density at radius 3 is 2.54 bits per heavy atom. The van der Waals surface area contributed by atoms with Crippen LogP contribution in [0.25, 0.3) is 10.8 Å². The van der Waals surface area contributed by atoms with Gasteiger partial charge in [0.25, 0.3) is 5.91 Å². The van der Waals surface area contributed by atoms with Crippen molar-refractivity contribution in [1.29, 1.82) is 0 Å². The van der Waals surface area contributed by atoms with Gasteiger partial charge in [0, 0.05) is 42.2 Å². The number of hydrogen-bond donors (Lipinski definition) is 3. The van der Waals surface area contributed by atoms with Crippen molar-refractivity contribution < 1.29 is 9.59 Å². The van der Waals surface area contributed by atoms with E-state index < -0.39 is 0 Å². The van der Waals surface area contributed by atoms with Gasteiger partial charge in [0.15, 0.2) is 0 Å². The molecule has 0 aromatic heterocycles. The van der Waals surface area contributed by atoms with Gasteiger partial charge in [-0.2, -0.15) is 0 Å². The van der Waals surface area contributed by atoms with Crippen LogP contribution in [0.3, 0.4) is 0 Å². The largest absolute Gasteiger partial charge is 0.350 e. The van der Waals surface area contributed by atoms with Gasteiger partial charge in [-0.05, 0) is 85.3 Å². The molecule has 3 unspecified atom stereocenters. The van der Waals surface area contributed by atoms with E-state index in [1.165, 1.54) is 5.56 Å². The van der Waals surface area contributed by atoms with Crippen LogP contribution in [0, 0.1) is 5.92 Å². The second-order valence-corrected chi connectivity index (χ2v) is 11.4. The molecule has 39 heavy (non-hydrogen) atoms. The fraction of sp³-hybridized carbons (Fsp3) is 0.438. The molecule has 3 N–H and O–H groups in total. The fourth-order valence-corrected chi connectivity index (χ4v) is 6.20. The first-order valence-electron chi connectivity index (χ1n) is 14.3. The van der Waals surface area contributed by atoms with Crippen molar-refractivity contribution in [3.8, 4) is 0 Å². The van der Waals surface area contributed by atoms with Crippen LogP contribution in [-0.2, 0) is 4.79 Å². The molecule has 0 aliphatic carbocycles. The molecule has 3 aromatic carbocycles. The third-order valence-electron chi connectivity index (χ3n) is 8.37. The summed E-state index contributed by atoms with van der Waals surface area (Å²) in [6.07, 6.45) is 3.74. The zero-order chi connectivity index (χ0) is 27.2. The Kier molecular flexibility index (Phi) is 9.17. The molecule has 206 valence electrons. The van der Waals surface area contributed by atoms with Crippen molar-refractivity contribution in [1.82, 2.24) is 20.9 Å². The highest BCUT2D eigenvalue weighted by Crippen LogP contribution is 2.26. The lowest BCUT2D eigenvalue weighted by Gasteiger charge is -2.34. The van der Waals surface area contributed by atoms with Crippen molar-refractivity contribution in [2.24, 2.45) is 5.92 Å². The van der Waals surface area contributed by atoms with E-state index in [-0.39, 0.29) is 23.9 Å². The van der Waals surface area contributed by atoms with Crippen LogP contribution in [0.5, 0.6) is 0 Å². The number of carbonyl (C=O) groups excluding carboxylic acids is 2. The van der Waals surface area contributed by atoms with Crippen molar-refractivity contribution in [3.05, 3.63) is 82.9 Å².